The molecule has 2 N–H and O–H groups in total. The van der Waals surface area contributed by atoms with Crippen molar-refractivity contribution in [1.29, 1.82) is 0 Å². The summed E-state index contributed by atoms with van der Waals surface area (Å²) in [5.41, 5.74) is 3.15. The fourth-order valence-corrected chi connectivity index (χ4v) is 5.03. The van der Waals surface area contributed by atoms with Crippen LogP contribution in [-0.4, -0.2) is 70.4 Å². The Morgan fingerprint density at radius 2 is 1.97 bits per heavy atom. The quantitative estimate of drug-likeness (QED) is 0.371. The third-order valence-corrected chi connectivity index (χ3v) is 7.16. The topological polar surface area (TPSA) is 96.0 Å². The number of thiazole rings is 1. The minimum atomic E-state index is -0.356. The van der Waals surface area contributed by atoms with E-state index in [1.165, 1.54) is 11.3 Å². The second kappa shape index (κ2) is 12.7. The Bertz CT molecular complexity index is 1200. The number of para-hydroxylation sites is 1. The first-order valence-electron chi connectivity index (χ1n) is 12.2. The molecule has 2 amide bonds. The van der Waals surface area contributed by atoms with Crippen LogP contribution in [0.3, 0.4) is 0 Å². The maximum absolute atomic E-state index is 13.1. The Labute approximate surface area is 221 Å². The standard InChI is InChI=1S/C27H33N5O4S/c1-31(20-7-5-4-6-8-20)16-19-9-10-23(22(15-19)25(33)28-12-14-35-2)29-26(34)24-18-37-27(30-24)32-13-11-21(17-32)36-3/h4-10,15,18,21H,11-14,16-17H2,1-3H3,(H,28,33)(H,29,34)/t21-/m0/s1. The lowest BCUT2D eigenvalue weighted by Gasteiger charge is -2.20. The molecule has 1 atom stereocenters. The van der Waals surface area contributed by atoms with E-state index in [-0.39, 0.29) is 17.9 Å². The van der Waals surface area contributed by atoms with E-state index >= 15 is 0 Å². The molecule has 2 aromatic carbocycles. The van der Waals surface area contributed by atoms with E-state index in [0.717, 1.165) is 35.9 Å². The first-order chi connectivity index (χ1) is 18.0. The van der Waals surface area contributed by atoms with Gasteiger partial charge in [0.05, 0.1) is 24.0 Å². The zero-order chi connectivity index (χ0) is 26.2. The Kier molecular flexibility index (Phi) is 9.10. The first kappa shape index (κ1) is 26.6. The van der Waals surface area contributed by atoms with Gasteiger partial charge in [-0.1, -0.05) is 24.3 Å². The molecule has 10 heteroatoms. The van der Waals surface area contributed by atoms with Gasteiger partial charge < -0.3 is 29.9 Å². The third-order valence-electron chi connectivity index (χ3n) is 6.26. The maximum atomic E-state index is 13.1. The molecule has 2 heterocycles. The Balaban J connectivity index is 1.50. The van der Waals surface area contributed by atoms with Crippen LogP contribution in [0.4, 0.5) is 16.5 Å². The summed E-state index contributed by atoms with van der Waals surface area (Å²) in [6.45, 7) is 2.97. The summed E-state index contributed by atoms with van der Waals surface area (Å²) in [5, 5.41) is 8.28. The monoisotopic (exact) mass is 523 g/mol. The Hall–Kier alpha value is -3.47. The molecule has 1 aliphatic rings. The van der Waals surface area contributed by atoms with Crippen LogP contribution in [-0.2, 0) is 16.0 Å². The molecule has 1 aliphatic heterocycles. The van der Waals surface area contributed by atoms with Crippen LogP contribution in [0.1, 0.15) is 32.8 Å². The second-order valence-corrected chi connectivity index (χ2v) is 9.72. The van der Waals surface area contributed by atoms with Gasteiger partial charge in [0, 0.05) is 58.5 Å². The molecule has 4 rings (SSSR count). The number of aromatic nitrogens is 1. The van der Waals surface area contributed by atoms with Gasteiger partial charge in [-0.05, 0) is 36.2 Å². The molecule has 1 saturated heterocycles. The molecular formula is C27H33N5O4S. The van der Waals surface area contributed by atoms with Crippen molar-refractivity contribution in [3.8, 4) is 0 Å². The summed E-state index contributed by atoms with van der Waals surface area (Å²) >= 11 is 1.43. The largest absolute Gasteiger partial charge is 0.383 e. The molecule has 196 valence electrons. The maximum Gasteiger partial charge on any atom is 0.275 e. The van der Waals surface area contributed by atoms with Crippen LogP contribution in [0.5, 0.6) is 0 Å². The van der Waals surface area contributed by atoms with E-state index in [1.807, 2.05) is 49.5 Å². The number of hydrogen-bond acceptors (Lipinski definition) is 8. The second-order valence-electron chi connectivity index (χ2n) is 8.88. The average molecular weight is 524 g/mol. The average Bonchev–Trinajstić information content (AvgIpc) is 3.60. The molecule has 0 bridgehead atoms. The van der Waals surface area contributed by atoms with Gasteiger partial charge in [0.2, 0.25) is 0 Å². The zero-order valence-corrected chi connectivity index (χ0v) is 22.2. The minimum Gasteiger partial charge on any atom is -0.383 e. The van der Waals surface area contributed by atoms with Gasteiger partial charge in [0.15, 0.2) is 5.13 Å². The van der Waals surface area contributed by atoms with E-state index in [0.29, 0.717) is 36.6 Å². The predicted octanol–water partition coefficient (Wildman–Crippen LogP) is 3.63. The number of carbonyl (C=O) groups is 2. The van der Waals surface area contributed by atoms with Crippen LogP contribution < -0.4 is 20.4 Å². The molecule has 0 saturated carbocycles. The van der Waals surface area contributed by atoms with E-state index < -0.39 is 0 Å². The van der Waals surface area contributed by atoms with Crippen molar-refractivity contribution in [3.63, 3.8) is 0 Å². The number of benzene rings is 2. The lowest BCUT2D eigenvalue weighted by Crippen LogP contribution is -2.28. The highest BCUT2D eigenvalue weighted by atomic mass is 32.1. The van der Waals surface area contributed by atoms with Gasteiger partial charge >= 0.3 is 0 Å². The molecule has 9 nitrogen and oxygen atoms in total. The molecule has 0 aliphatic carbocycles. The molecule has 0 radical (unpaired) electrons. The van der Waals surface area contributed by atoms with Crippen LogP contribution in [0.2, 0.25) is 0 Å². The van der Waals surface area contributed by atoms with Crippen molar-refractivity contribution in [3.05, 3.63) is 70.7 Å². The van der Waals surface area contributed by atoms with Crippen molar-refractivity contribution in [1.82, 2.24) is 10.3 Å². The van der Waals surface area contributed by atoms with Gasteiger partial charge in [-0.2, -0.15) is 0 Å². The smallest absolute Gasteiger partial charge is 0.275 e. The normalized spacial score (nSPS) is 15.0. The van der Waals surface area contributed by atoms with Gasteiger partial charge in [0.1, 0.15) is 5.69 Å². The number of methoxy groups -OCH3 is 2. The van der Waals surface area contributed by atoms with Crippen molar-refractivity contribution in [2.45, 2.75) is 19.1 Å². The molecule has 1 fully saturated rings. The molecule has 0 unspecified atom stereocenters. The van der Waals surface area contributed by atoms with Crippen molar-refractivity contribution in [2.75, 3.05) is 62.6 Å². The van der Waals surface area contributed by atoms with Gasteiger partial charge in [-0.3, -0.25) is 9.59 Å². The summed E-state index contributed by atoms with van der Waals surface area (Å²) in [6, 6.07) is 15.5. The number of hydrogen-bond donors (Lipinski definition) is 2. The number of nitrogens with zero attached hydrogens (tertiary/aromatic N) is 3. The number of amides is 2. The summed E-state index contributed by atoms with van der Waals surface area (Å²) in [7, 11) is 5.29. The molecule has 1 aromatic heterocycles. The number of ether oxygens (including phenoxy) is 2. The van der Waals surface area contributed by atoms with Gasteiger partial charge in [0.25, 0.3) is 11.8 Å². The Morgan fingerprint density at radius 3 is 2.70 bits per heavy atom. The highest BCUT2D eigenvalue weighted by Crippen LogP contribution is 2.27. The van der Waals surface area contributed by atoms with Crippen LogP contribution in [0.15, 0.2) is 53.9 Å². The van der Waals surface area contributed by atoms with Gasteiger partial charge in [-0.15, -0.1) is 11.3 Å². The highest BCUT2D eigenvalue weighted by molar-refractivity contribution is 7.14. The number of nitrogens with one attached hydrogen (secondary N) is 2. The number of rotatable bonds is 11. The summed E-state index contributed by atoms with van der Waals surface area (Å²) < 4.78 is 10.5. The van der Waals surface area contributed by atoms with Crippen molar-refractivity contribution >= 4 is 39.7 Å². The Morgan fingerprint density at radius 1 is 1.16 bits per heavy atom. The van der Waals surface area contributed by atoms with Gasteiger partial charge in [-0.25, -0.2) is 4.98 Å². The van der Waals surface area contributed by atoms with E-state index in [9.17, 15) is 9.59 Å². The fraction of sp³-hybridized carbons (Fsp3) is 0.370. The summed E-state index contributed by atoms with van der Waals surface area (Å²) in [5.74, 6) is -0.636. The van der Waals surface area contributed by atoms with Crippen LogP contribution in [0, 0.1) is 0 Å². The van der Waals surface area contributed by atoms with E-state index in [2.05, 4.69) is 25.4 Å². The minimum absolute atomic E-state index is 0.180. The lowest BCUT2D eigenvalue weighted by molar-refractivity contribution is 0.0938. The van der Waals surface area contributed by atoms with Crippen LogP contribution in [0.25, 0.3) is 0 Å². The van der Waals surface area contributed by atoms with Crippen molar-refractivity contribution < 1.29 is 19.1 Å². The summed E-state index contributed by atoms with van der Waals surface area (Å²) in [6.07, 6.45) is 1.12. The third kappa shape index (κ3) is 6.85. The zero-order valence-electron chi connectivity index (χ0n) is 21.4. The molecular weight excluding hydrogens is 490 g/mol. The lowest BCUT2D eigenvalue weighted by atomic mass is 10.1. The SMILES string of the molecule is COCCNC(=O)c1cc(CN(C)c2ccccc2)ccc1NC(=O)c1csc(N2CC[C@H](OC)C2)n1. The molecule has 3 aromatic rings. The predicted molar refractivity (Wildman–Crippen MR) is 147 cm³/mol. The van der Waals surface area contributed by atoms with Crippen molar-refractivity contribution in [2.24, 2.45) is 0 Å². The van der Waals surface area contributed by atoms with E-state index in [4.69, 9.17) is 9.47 Å². The highest BCUT2D eigenvalue weighted by Gasteiger charge is 2.25. The fourth-order valence-electron chi connectivity index (χ4n) is 4.19. The van der Waals surface area contributed by atoms with E-state index in [1.54, 1.807) is 25.7 Å². The summed E-state index contributed by atoms with van der Waals surface area (Å²) in [4.78, 5) is 34.9. The number of carbonyl (C=O) groups excluding carboxylic acids is 2. The van der Waals surface area contributed by atoms with Crippen LogP contribution >= 0.6 is 11.3 Å². The molecule has 0 spiro atoms. The molecule has 37 heavy (non-hydrogen) atoms. The first-order valence-corrected chi connectivity index (χ1v) is 13.1. The number of anilines is 3.